The van der Waals surface area contributed by atoms with E-state index in [1.165, 1.54) is 0 Å². The Balaban J connectivity index is 1.52. The molecule has 0 N–H and O–H groups in total. The fraction of sp³-hybridized carbons (Fsp3) is 0. The van der Waals surface area contributed by atoms with Gasteiger partial charge >= 0.3 is 0 Å². The van der Waals surface area contributed by atoms with Crippen molar-refractivity contribution in [3.8, 4) is 41.0 Å². The molecule has 7 nitrogen and oxygen atoms in total. The highest BCUT2D eigenvalue weighted by atomic mass is 15.1. The standard InChI is InChI=1S/C39H19N7/c1-43-33-8-4-2-6-28(33)27-19-38(45-34-9-5-3-7-29(34)30-16-24(21-40)10-13-35(30)45)44-39(20-27)46-36-14-11-25(22-41)17-31(36)32-18-26(23-42)12-15-37(32)46/h2-20H. The van der Waals surface area contributed by atoms with Gasteiger partial charge in [0, 0.05) is 21.5 Å². The van der Waals surface area contributed by atoms with E-state index in [9.17, 15) is 15.8 Å². The zero-order valence-corrected chi connectivity index (χ0v) is 24.1. The van der Waals surface area contributed by atoms with Crippen LogP contribution in [-0.2, 0) is 0 Å². The molecular formula is C39H19N7. The molecule has 0 aliphatic rings. The van der Waals surface area contributed by atoms with Gasteiger partial charge in [0.25, 0.3) is 0 Å². The van der Waals surface area contributed by atoms with Gasteiger partial charge in [-0.05, 0) is 83.9 Å². The van der Waals surface area contributed by atoms with Crippen molar-refractivity contribution in [2.24, 2.45) is 0 Å². The van der Waals surface area contributed by atoms with Crippen molar-refractivity contribution in [2.75, 3.05) is 0 Å². The maximum Gasteiger partial charge on any atom is 0.194 e. The van der Waals surface area contributed by atoms with E-state index in [4.69, 9.17) is 11.6 Å². The molecule has 5 aromatic carbocycles. The third-order valence-corrected chi connectivity index (χ3v) is 8.42. The molecule has 46 heavy (non-hydrogen) atoms. The van der Waals surface area contributed by atoms with Crippen LogP contribution in [0.15, 0.2) is 115 Å². The van der Waals surface area contributed by atoms with Crippen LogP contribution in [0.1, 0.15) is 16.7 Å². The summed E-state index contributed by atoms with van der Waals surface area (Å²) in [4.78, 5) is 9.09. The Labute approximate surface area is 263 Å². The van der Waals surface area contributed by atoms with Crippen LogP contribution in [0.3, 0.4) is 0 Å². The van der Waals surface area contributed by atoms with Crippen molar-refractivity contribution in [1.82, 2.24) is 14.1 Å². The van der Waals surface area contributed by atoms with Gasteiger partial charge in [-0.25, -0.2) is 9.83 Å². The van der Waals surface area contributed by atoms with Gasteiger partial charge in [0.1, 0.15) is 11.6 Å². The molecule has 3 aromatic heterocycles. The molecule has 0 aliphatic heterocycles. The molecule has 0 radical (unpaired) electrons. The molecule has 0 aliphatic carbocycles. The topological polar surface area (TPSA) is 98.5 Å². The van der Waals surface area contributed by atoms with Gasteiger partial charge in [0.05, 0.1) is 63.5 Å². The minimum Gasteiger partial charge on any atom is -0.294 e. The molecule has 0 atom stereocenters. The lowest BCUT2D eigenvalue weighted by Gasteiger charge is -2.15. The largest absolute Gasteiger partial charge is 0.294 e. The van der Waals surface area contributed by atoms with Crippen LogP contribution in [0.25, 0.3) is 71.2 Å². The summed E-state index contributed by atoms with van der Waals surface area (Å²) in [6.45, 7) is 7.89. The number of hydrogen-bond acceptors (Lipinski definition) is 4. The first-order valence-corrected chi connectivity index (χ1v) is 14.4. The summed E-state index contributed by atoms with van der Waals surface area (Å²) < 4.78 is 4.14. The molecule has 0 fully saturated rings. The molecule has 0 saturated heterocycles. The summed E-state index contributed by atoms with van der Waals surface area (Å²) in [5.74, 6) is 1.25. The molecule has 7 heteroatoms. The van der Waals surface area contributed by atoms with Gasteiger partial charge in [-0.15, -0.1) is 0 Å². The molecule has 3 heterocycles. The molecule has 0 bridgehead atoms. The number of nitrogens with zero attached hydrogens (tertiary/aromatic N) is 7. The fourth-order valence-corrected chi connectivity index (χ4v) is 6.40. The number of pyridine rings is 1. The Morgan fingerprint density at radius 2 is 0.978 bits per heavy atom. The first kappa shape index (κ1) is 26.4. The summed E-state index contributed by atoms with van der Waals surface area (Å²) in [6, 6.07) is 43.0. The highest BCUT2D eigenvalue weighted by Crippen LogP contribution is 2.38. The normalized spacial score (nSPS) is 11.0. The van der Waals surface area contributed by atoms with Crippen LogP contribution in [0.4, 0.5) is 5.69 Å². The second kappa shape index (κ2) is 10.2. The number of benzene rings is 5. The van der Waals surface area contributed by atoms with Crippen LogP contribution < -0.4 is 0 Å². The molecule has 0 amide bonds. The smallest absolute Gasteiger partial charge is 0.194 e. The highest BCUT2D eigenvalue weighted by Gasteiger charge is 2.20. The average molecular weight is 586 g/mol. The van der Waals surface area contributed by atoms with Gasteiger partial charge in [-0.1, -0.05) is 42.5 Å². The molecule has 0 spiro atoms. The molecule has 0 saturated carbocycles. The van der Waals surface area contributed by atoms with E-state index in [2.05, 4.69) is 27.6 Å². The number of rotatable bonds is 3. The first-order valence-electron chi connectivity index (χ1n) is 14.4. The lowest BCUT2D eigenvalue weighted by molar-refractivity contribution is 1.01. The Bertz CT molecular complexity index is 2680. The molecule has 8 aromatic rings. The Hall–Kier alpha value is -7.19. The van der Waals surface area contributed by atoms with E-state index in [1.807, 2.05) is 102 Å². The lowest BCUT2D eigenvalue weighted by Crippen LogP contribution is -2.04. The van der Waals surface area contributed by atoms with Crippen LogP contribution in [0.5, 0.6) is 0 Å². The van der Waals surface area contributed by atoms with Gasteiger partial charge in [0.15, 0.2) is 5.69 Å². The van der Waals surface area contributed by atoms with E-state index in [-0.39, 0.29) is 0 Å². The first-order chi connectivity index (χ1) is 22.6. The van der Waals surface area contributed by atoms with Crippen molar-refractivity contribution in [3.63, 3.8) is 0 Å². The monoisotopic (exact) mass is 585 g/mol. The average Bonchev–Trinajstić information content (AvgIpc) is 3.62. The van der Waals surface area contributed by atoms with Crippen molar-refractivity contribution in [1.29, 1.82) is 15.8 Å². The summed E-state index contributed by atoms with van der Waals surface area (Å²) in [6.07, 6.45) is 0. The van der Waals surface area contributed by atoms with E-state index < -0.39 is 0 Å². The molecular weight excluding hydrogens is 566 g/mol. The van der Waals surface area contributed by atoms with Crippen LogP contribution in [0.2, 0.25) is 0 Å². The molecule has 8 rings (SSSR count). The lowest BCUT2D eigenvalue weighted by atomic mass is 10.0. The summed E-state index contributed by atoms with van der Waals surface area (Å²) in [5.41, 5.74) is 7.20. The fourth-order valence-electron chi connectivity index (χ4n) is 6.40. The predicted octanol–water partition coefficient (Wildman–Crippen LogP) is 9.11. The molecule has 210 valence electrons. The predicted molar refractivity (Wildman–Crippen MR) is 179 cm³/mol. The Kier molecular flexibility index (Phi) is 5.87. The number of fused-ring (bicyclic) bond motifs is 6. The summed E-state index contributed by atoms with van der Waals surface area (Å²) >= 11 is 0. The summed E-state index contributed by atoms with van der Waals surface area (Å²) in [5, 5.41) is 32.6. The van der Waals surface area contributed by atoms with E-state index in [1.54, 1.807) is 18.2 Å². The number of aromatic nitrogens is 3. The maximum atomic E-state index is 9.69. The maximum absolute atomic E-state index is 9.69. The minimum atomic E-state index is 0.518. The quantitative estimate of drug-likeness (QED) is 0.193. The van der Waals surface area contributed by atoms with Crippen molar-refractivity contribution in [3.05, 3.63) is 143 Å². The SMILES string of the molecule is [C-]#[N+]c1ccccc1-c1cc(-n2c3ccccc3c3cc(C#N)ccc32)nc(-n2c3ccc(C#N)cc3c3cc(C#N)ccc32)c1. The van der Waals surface area contributed by atoms with Crippen molar-refractivity contribution in [2.45, 2.75) is 0 Å². The van der Waals surface area contributed by atoms with E-state index in [0.29, 0.717) is 34.0 Å². The number of para-hydroxylation sites is 2. The van der Waals surface area contributed by atoms with Gasteiger partial charge in [-0.3, -0.25) is 9.13 Å². The van der Waals surface area contributed by atoms with Gasteiger partial charge < -0.3 is 0 Å². The summed E-state index contributed by atoms with van der Waals surface area (Å²) in [7, 11) is 0. The zero-order valence-electron chi connectivity index (χ0n) is 24.1. The second-order valence-corrected chi connectivity index (χ2v) is 10.9. The third kappa shape index (κ3) is 3.91. The van der Waals surface area contributed by atoms with Crippen molar-refractivity contribution < 1.29 is 0 Å². The number of hydrogen-bond donors (Lipinski definition) is 0. The number of nitriles is 3. The van der Waals surface area contributed by atoms with E-state index in [0.717, 1.165) is 54.7 Å². The zero-order chi connectivity index (χ0) is 31.4. The van der Waals surface area contributed by atoms with E-state index >= 15 is 0 Å². The molecule has 0 unspecified atom stereocenters. The highest BCUT2D eigenvalue weighted by molar-refractivity contribution is 6.11. The van der Waals surface area contributed by atoms with Crippen LogP contribution in [0, 0.1) is 40.6 Å². The van der Waals surface area contributed by atoms with Crippen LogP contribution >= 0.6 is 0 Å². The minimum absolute atomic E-state index is 0.518. The van der Waals surface area contributed by atoms with Gasteiger partial charge in [0.2, 0.25) is 0 Å². The van der Waals surface area contributed by atoms with Crippen LogP contribution in [-0.4, -0.2) is 14.1 Å². The Morgan fingerprint density at radius 3 is 1.50 bits per heavy atom. The second-order valence-electron chi connectivity index (χ2n) is 10.9. The third-order valence-electron chi connectivity index (χ3n) is 8.42. The Morgan fingerprint density at radius 1 is 0.522 bits per heavy atom. The van der Waals surface area contributed by atoms with Gasteiger partial charge in [-0.2, -0.15) is 15.8 Å². The van der Waals surface area contributed by atoms with Crippen molar-refractivity contribution >= 4 is 49.3 Å².